The first-order valence-electron chi connectivity index (χ1n) is 6.60. The highest BCUT2D eigenvalue weighted by atomic mass is 32.2. The van der Waals surface area contributed by atoms with Crippen LogP contribution in [0.1, 0.15) is 24.0 Å². The number of rotatable bonds is 4. The standard InChI is InChI=1S/C14H19NO4S/c1-10-3-4-13(7-11(10)2)20(18,19)15-6-5-12(9-15)8-14(16)17/h3-4,7,12H,5-6,8-9H2,1-2H3,(H,16,17). The summed E-state index contributed by atoms with van der Waals surface area (Å²) in [6, 6.07) is 5.09. The van der Waals surface area contributed by atoms with E-state index in [2.05, 4.69) is 0 Å². The summed E-state index contributed by atoms with van der Waals surface area (Å²) >= 11 is 0. The maximum Gasteiger partial charge on any atom is 0.303 e. The van der Waals surface area contributed by atoms with Gasteiger partial charge in [-0.15, -0.1) is 0 Å². The molecular formula is C14H19NO4S. The molecule has 1 aliphatic rings. The normalized spacial score (nSPS) is 20.2. The van der Waals surface area contributed by atoms with Crippen molar-refractivity contribution in [2.45, 2.75) is 31.6 Å². The summed E-state index contributed by atoms with van der Waals surface area (Å²) in [5.41, 5.74) is 1.99. The molecule has 0 aliphatic carbocycles. The first kappa shape index (κ1) is 15.0. The molecule has 20 heavy (non-hydrogen) atoms. The summed E-state index contributed by atoms with van der Waals surface area (Å²) in [6.45, 7) is 4.50. The van der Waals surface area contributed by atoms with E-state index in [9.17, 15) is 13.2 Å². The Morgan fingerprint density at radius 2 is 2.05 bits per heavy atom. The maximum absolute atomic E-state index is 12.5. The average Bonchev–Trinajstić information content (AvgIpc) is 2.80. The van der Waals surface area contributed by atoms with Crippen LogP contribution in [-0.4, -0.2) is 36.9 Å². The predicted molar refractivity (Wildman–Crippen MR) is 75.0 cm³/mol. The van der Waals surface area contributed by atoms with Crippen LogP contribution in [-0.2, 0) is 14.8 Å². The second-order valence-electron chi connectivity index (χ2n) is 5.36. The van der Waals surface area contributed by atoms with Gasteiger partial charge in [-0.25, -0.2) is 8.42 Å². The average molecular weight is 297 g/mol. The molecule has 6 heteroatoms. The van der Waals surface area contributed by atoms with Crippen LogP contribution in [0.15, 0.2) is 23.1 Å². The number of carboxylic acids is 1. The van der Waals surface area contributed by atoms with Crippen LogP contribution in [0.4, 0.5) is 0 Å². The Bertz CT molecular complexity index is 624. The number of aliphatic carboxylic acids is 1. The molecule has 1 heterocycles. The van der Waals surface area contributed by atoms with E-state index < -0.39 is 16.0 Å². The van der Waals surface area contributed by atoms with Crippen molar-refractivity contribution in [1.29, 1.82) is 0 Å². The van der Waals surface area contributed by atoms with Crippen LogP contribution in [0.2, 0.25) is 0 Å². The monoisotopic (exact) mass is 297 g/mol. The van der Waals surface area contributed by atoms with E-state index in [4.69, 9.17) is 5.11 Å². The zero-order valence-corrected chi connectivity index (χ0v) is 12.5. The molecule has 1 atom stereocenters. The van der Waals surface area contributed by atoms with Gasteiger partial charge < -0.3 is 5.11 Å². The fourth-order valence-corrected chi connectivity index (χ4v) is 4.07. The van der Waals surface area contributed by atoms with Gasteiger partial charge in [0, 0.05) is 19.5 Å². The molecule has 0 amide bonds. The lowest BCUT2D eigenvalue weighted by atomic mass is 10.1. The third kappa shape index (κ3) is 3.02. The smallest absolute Gasteiger partial charge is 0.303 e. The number of hydrogen-bond acceptors (Lipinski definition) is 3. The van der Waals surface area contributed by atoms with Crippen molar-refractivity contribution in [2.24, 2.45) is 5.92 Å². The molecule has 0 bridgehead atoms. The second kappa shape index (κ2) is 5.54. The summed E-state index contributed by atoms with van der Waals surface area (Å²) in [4.78, 5) is 11.0. The molecule has 1 unspecified atom stereocenters. The van der Waals surface area contributed by atoms with Crippen LogP contribution in [0.3, 0.4) is 0 Å². The van der Waals surface area contributed by atoms with Crippen LogP contribution in [0.25, 0.3) is 0 Å². The number of aryl methyl sites for hydroxylation is 2. The van der Waals surface area contributed by atoms with E-state index in [0.717, 1.165) is 11.1 Å². The molecule has 1 aromatic carbocycles. The van der Waals surface area contributed by atoms with E-state index in [1.807, 2.05) is 13.8 Å². The highest BCUT2D eigenvalue weighted by Crippen LogP contribution is 2.27. The van der Waals surface area contributed by atoms with E-state index in [0.29, 0.717) is 19.5 Å². The molecule has 110 valence electrons. The minimum absolute atomic E-state index is 0.0267. The Morgan fingerprint density at radius 3 is 2.65 bits per heavy atom. The van der Waals surface area contributed by atoms with Crippen molar-refractivity contribution in [3.63, 3.8) is 0 Å². The Kier molecular flexibility index (Phi) is 4.15. The topological polar surface area (TPSA) is 74.7 Å². The first-order chi connectivity index (χ1) is 9.30. The van der Waals surface area contributed by atoms with E-state index in [-0.39, 0.29) is 17.2 Å². The number of hydrogen-bond donors (Lipinski definition) is 1. The van der Waals surface area contributed by atoms with Gasteiger partial charge in [-0.1, -0.05) is 6.07 Å². The van der Waals surface area contributed by atoms with Gasteiger partial charge in [-0.2, -0.15) is 4.31 Å². The van der Waals surface area contributed by atoms with Crippen molar-refractivity contribution in [1.82, 2.24) is 4.31 Å². The maximum atomic E-state index is 12.5. The summed E-state index contributed by atoms with van der Waals surface area (Å²) in [5, 5.41) is 8.78. The number of carboxylic acid groups (broad SMARTS) is 1. The number of nitrogens with zero attached hydrogens (tertiary/aromatic N) is 1. The third-order valence-corrected chi connectivity index (χ3v) is 5.69. The van der Waals surface area contributed by atoms with E-state index in [1.54, 1.807) is 18.2 Å². The van der Waals surface area contributed by atoms with Gasteiger partial charge in [-0.3, -0.25) is 4.79 Å². The summed E-state index contributed by atoms with van der Waals surface area (Å²) in [7, 11) is -3.51. The summed E-state index contributed by atoms with van der Waals surface area (Å²) in [6.07, 6.45) is 0.634. The highest BCUT2D eigenvalue weighted by Gasteiger charge is 2.33. The number of sulfonamides is 1. The van der Waals surface area contributed by atoms with E-state index in [1.165, 1.54) is 4.31 Å². The highest BCUT2D eigenvalue weighted by molar-refractivity contribution is 7.89. The molecular weight excluding hydrogens is 278 g/mol. The molecule has 1 aliphatic heterocycles. The summed E-state index contributed by atoms with van der Waals surface area (Å²) < 4.78 is 26.4. The molecule has 1 fully saturated rings. The molecule has 0 aromatic heterocycles. The van der Waals surface area contributed by atoms with Crippen molar-refractivity contribution in [2.75, 3.05) is 13.1 Å². The molecule has 1 saturated heterocycles. The molecule has 0 radical (unpaired) electrons. The van der Waals surface area contributed by atoms with Gasteiger partial charge in [0.2, 0.25) is 10.0 Å². The van der Waals surface area contributed by atoms with Crippen LogP contribution in [0.5, 0.6) is 0 Å². The van der Waals surface area contributed by atoms with Gasteiger partial charge in [0.05, 0.1) is 4.90 Å². The molecule has 0 spiro atoms. The van der Waals surface area contributed by atoms with Crippen molar-refractivity contribution >= 4 is 16.0 Å². The Hall–Kier alpha value is -1.40. The molecule has 1 N–H and O–H groups in total. The van der Waals surface area contributed by atoms with Crippen LogP contribution >= 0.6 is 0 Å². The van der Waals surface area contributed by atoms with Crippen molar-refractivity contribution < 1.29 is 18.3 Å². The third-order valence-electron chi connectivity index (χ3n) is 3.83. The van der Waals surface area contributed by atoms with Gasteiger partial charge >= 0.3 is 5.97 Å². The summed E-state index contributed by atoms with van der Waals surface area (Å²) in [5.74, 6) is -0.964. The SMILES string of the molecule is Cc1ccc(S(=O)(=O)N2CCC(CC(=O)O)C2)cc1C. The molecule has 2 rings (SSSR count). The Morgan fingerprint density at radius 1 is 1.35 bits per heavy atom. The van der Waals surface area contributed by atoms with Gasteiger partial charge in [0.25, 0.3) is 0 Å². The van der Waals surface area contributed by atoms with Crippen LogP contribution < -0.4 is 0 Å². The lowest BCUT2D eigenvalue weighted by Gasteiger charge is -2.17. The zero-order chi connectivity index (χ0) is 14.9. The minimum Gasteiger partial charge on any atom is -0.481 e. The fourth-order valence-electron chi connectivity index (χ4n) is 2.45. The molecule has 0 saturated carbocycles. The zero-order valence-electron chi connectivity index (χ0n) is 11.7. The van der Waals surface area contributed by atoms with E-state index >= 15 is 0 Å². The lowest BCUT2D eigenvalue weighted by molar-refractivity contribution is -0.137. The quantitative estimate of drug-likeness (QED) is 0.919. The van der Waals surface area contributed by atoms with Gasteiger partial charge in [0.15, 0.2) is 0 Å². The fraction of sp³-hybridized carbons (Fsp3) is 0.500. The number of carbonyl (C=O) groups is 1. The minimum atomic E-state index is -3.51. The van der Waals surface area contributed by atoms with Crippen LogP contribution in [0, 0.1) is 19.8 Å². The Balaban J connectivity index is 2.19. The van der Waals surface area contributed by atoms with Gasteiger partial charge in [-0.05, 0) is 49.4 Å². The number of benzene rings is 1. The molecule has 5 nitrogen and oxygen atoms in total. The Labute approximate surface area is 119 Å². The predicted octanol–water partition coefficient (Wildman–Crippen LogP) is 1.79. The largest absolute Gasteiger partial charge is 0.481 e. The lowest BCUT2D eigenvalue weighted by Crippen LogP contribution is -2.29. The first-order valence-corrected chi connectivity index (χ1v) is 8.04. The van der Waals surface area contributed by atoms with Gasteiger partial charge in [0.1, 0.15) is 0 Å². The molecule has 1 aromatic rings. The van der Waals surface area contributed by atoms with Crippen molar-refractivity contribution in [3.05, 3.63) is 29.3 Å². The second-order valence-corrected chi connectivity index (χ2v) is 7.30. The van der Waals surface area contributed by atoms with Crippen molar-refractivity contribution in [3.8, 4) is 0 Å².